The van der Waals surface area contributed by atoms with E-state index >= 15 is 0 Å². The third kappa shape index (κ3) is 5.59. The van der Waals surface area contributed by atoms with Crippen LogP contribution in [-0.2, 0) is 16.0 Å². The van der Waals surface area contributed by atoms with E-state index in [1.165, 1.54) is 0 Å². The molecule has 0 bridgehead atoms. The molecule has 2 aromatic rings. The predicted molar refractivity (Wildman–Crippen MR) is 102 cm³/mol. The van der Waals surface area contributed by atoms with E-state index in [0.717, 1.165) is 5.56 Å². The monoisotopic (exact) mass is 386 g/mol. The Labute approximate surface area is 164 Å². The molecule has 0 unspecified atom stereocenters. The SMILES string of the molecule is CC(C)NC(=O)CN1CCN(C(=O)CCc2nc(-c3cccnc3)no2)CC1. The predicted octanol–water partition coefficient (Wildman–Crippen LogP) is 0.733. The van der Waals surface area contributed by atoms with Crippen molar-refractivity contribution in [3.63, 3.8) is 0 Å². The van der Waals surface area contributed by atoms with E-state index in [4.69, 9.17) is 4.52 Å². The Bertz CT molecular complexity index is 784. The summed E-state index contributed by atoms with van der Waals surface area (Å²) in [5.74, 6) is 1.00. The van der Waals surface area contributed by atoms with Gasteiger partial charge in [0.25, 0.3) is 0 Å². The summed E-state index contributed by atoms with van der Waals surface area (Å²) in [5, 5.41) is 6.83. The van der Waals surface area contributed by atoms with Gasteiger partial charge in [0.05, 0.1) is 6.54 Å². The minimum absolute atomic E-state index is 0.0237. The van der Waals surface area contributed by atoms with E-state index in [1.807, 2.05) is 24.8 Å². The van der Waals surface area contributed by atoms with Crippen LogP contribution >= 0.6 is 0 Å². The summed E-state index contributed by atoms with van der Waals surface area (Å²) in [5.41, 5.74) is 0.779. The van der Waals surface area contributed by atoms with Crippen LogP contribution in [-0.4, -0.2) is 75.5 Å². The smallest absolute Gasteiger partial charge is 0.234 e. The molecular weight excluding hydrogens is 360 g/mol. The van der Waals surface area contributed by atoms with Gasteiger partial charge in [0, 0.05) is 63.0 Å². The first-order valence-electron chi connectivity index (χ1n) is 9.53. The summed E-state index contributed by atoms with van der Waals surface area (Å²) >= 11 is 0. The zero-order valence-corrected chi connectivity index (χ0v) is 16.3. The second-order valence-electron chi connectivity index (χ2n) is 7.13. The Hall–Kier alpha value is -2.81. The van der Waals surface area contributed by atoms with E-state index in [1.54, 1.807) is 18.5 Å². The second kappa shape index (κ2) is 9.41. The number of nitrogens with zero attached hydrogens (tertiary/aromatic N) is 5. The zero-order valence-electron chi connectivity index (χ0n) is 16.3. The average molecular weight is 386 g/mol. The average Bonchev–Trinajstić information content (AvgIpc) is 3.16. The summed E-state index contributed by atoms with van der Waals surface area (Å²) in [6.07, 6.45) is 4.08. The minimum atomic E-state index is 0.0237. The molecule has 9 heteroatoms. The number of aryl methyl sites for hydroxylation is 1. The molecule has 0 aliphatic carbocycles. The van der Waals surface area contributed by atoms with Gasteiger partial charge in [0.1, 0.15) is 0 Å². The van der Waals surface area contributed by atoms with Crippen molar-refractivity contribution in [2.24, 2.45) is 0 Å². The van der Waals surface area contributed by atoms with Crippen molar-refractivity contribution >= 4 is 11.8 Å². The zero-order chi connectivity index (χ0) is 19.9. The highest BCUT2D eigenvalue weighted by atomic mass is 16.5. The Balaban J connectivity index is 1.42. The molecule has 1 N–H and O–H groups in total. The van der Waals surface area contributed by atoms with Crippen LogP contribution in [0.4, 0.5) is 0 Å². The van der Waals surface area contributed by atoms with E-state index < -0.39 is 0 Å². The Morgan fingerprint density at radius 3 is 2.71 bits per heavy atom. The van der Waals surface area contributed by atoms with Crippen molar-refractivity contribution < 1.29 is 14.1 Å². The highest BCUT2D eigenvalue weighted by Gasteiger charge is 2.23. The summed E-state index contributed by atoms with van der Waals surface area (Å²) in [6.45, 7) is 6.90. The molecule has 3 heterocycles. The number of aromatic nitrogens is 3. The van der Waals surface area contributed by atoms with Gasteiger partial charge in [-0.25, -0.2) is 0 Å². The van der Waals surface area contributed by atoms with Crippen LogP contribution < -0.4 is 5.32 Å². The van der Waals surface area contributed by atoms with Crippen LogP contribution in [0.1, 0.15) is 26.2 Å². The fourth-order valence-corrected chi connectivity index (χ4v) is 3.07. The minimum Gasteiger partial charge on any atom is -0.353 e. The molecule has 2 aromatic heterocycles. The molecule has 0 atom stereocenters. The third-order valence-corrected chi connectivity index (χ3v) is 4.48. The topological polar surface area (TPSA) is 104 Å². The number of pyridine rings is 1. The van der Waals surface area contributed by atoms with Crippen LogP contribution in [0.5, 0.6) is 0 Å². The van der Waals surface area contributed by atoms with Crippen molar-refractivity contribution in [1.29, 1.82) is 0 Å². The molecule has 9 nitrogen and oxygen atoms in total. The molecule has 1 fully saturated rings. The van der Waals surface area contributed by atoms with Crippen molar-refractivity contribution in [2.75, 3.05) is 32.7 Å². The lowest BCUT2D eigenvalue weighted by molar-refractivity contribution is -0.133. The molecule has 0 spiro atoms. The molecule has 28 heavy (non-hydrogen) atoms. The molecule has 1 aliphatic heterocycles. The maximum atomic E-state index is 12.5. The lowest BCUT2D eigenvalue weighted by Crippen LogP contribution is -2.51. The van der Waals surface area contributed by atoms with Gasteiger partial charge >= 0.3 is 0 Å². The van der Waals surface area contributed by atoms with Crippen LogP contribution in [0.2, 0.25) is 0 Å². The summed E-state index contributed by atoms with van der Waals surface area (Å²) < 4.78 is 5.24. The quantitative estimate of drug-likeness (QED) is 0.748. The van der Waals surface area contributed by atoms with Gasteiger partial charge < -0.3 is 14.7 Å². The maximum Gasteiger partial charge on any atom is 0.234 e. The van der Waals surface area contributed by atoms with E-state index in [2.05, 4.69) is 25.3 Å². The van der Waals surface area contributed by atoms with E-state index in [0.29, 0.717) is 57.3 Å². The summed E-state index contributed by atoms with van der Waals surface area (Å²) in [7, 11) is 0. The molecule has 0 radical (unpaired) electrons. The molecule has 0 aromatic carbocycles. The number of nitrogens with one attached hydrogen (secondary N) is 1. The number of carbonyl (C=O) groups excluding carboxylic acids is 2. The van der Waals surface area contributed by atoms with E-state index in [-0.39, 0.29) is 17.9 Å². The fraction of sp³-hybridized carbons (Fsp3) is 0.526. The van der Waals surface area contributed by atoms with Gasteiger partial charge in [-0.3, -0.25) is 19.5 Å². The number of piperazine rings is 1. The molecule has 2 amide bonds. The molecule has 150 valence electrons. The van der Waals surface area contributed by atoms with Crippen LogP contribution in [0.3, 0.4) is 0 Å². The van der Waals surface area contributed by atoms with Crippen LogP contribution in [0, 0.1) is 0 Å². The highest BCUT2D eigenvalue weighted by Crippen LogP contribution is 2.15. The van der Waals surface area contributed by atoms with Gasteiger partial charge in [0.15, 0.2) is 0 Å². The first kappa shape index (κ1) is 19.9. The van der Waals surface area contributed by atoms with Gasteiger partial charge in [0.2, 0.25) is 23.5 Å². The first-order valence-corrected chi connectivity index (χ1v) is 9.53. The van der Waals surface area contributed by atoms with Crippen molar-refractivity contribution in [1.82, 2.24) is 30.2 Å². The van der Waals surface area contributed by atoms with Crippen molar-refractivity contribution in [3.8, 4) is 11.4 Å². The third-order valence-electron chi connectivity index (χ3n) is 4.48. The Morgan fingerprint density at radius 2 is 2.04 bits per heavy atom. The molecule has 0 saturated carbocycles. The lowest BCUT2D eigenvalue weighted by atomic mass is 10.2. The molecular formula is C19H26N6O3. The van der Waals surface area contributed by atoms with Gasteiger partial charge in [-0.15, -0.1) is 0 Å². The van der Waals surface area contributed by atoms with Gasteiger partial charge in [-0.05, 0) is 26.0 Å². The Morgan fingerprint density at radius 1 is 1.25 bits per heavy atom. The standard InChI is InChI=1S/C19H26N6O3/c1-14(2)21-16(26)13-24-8-10-25(11-9-24)18(27)6-5-17-22-19(23-28-17)15-4-3-7-20-12-15/h3-4,7,12,14H,5-6,8-11,13H2,1-2H3,(H,21,26). The van der Waals surface area contributed by atoms with Gasteiger partial charge in [-0.2, -0.15) is 4.98 Å². The lowest BCUT2D eigenvalue weighted by Gasteiger charge is -2.34. The van der Waals surface area contributed by atoms with E-state index in [9.17, 15) is 9.59 Å². The van der Waals surface area contributed by atoms with Crippen molar-refractivity contribution in [2.45, 2.75) is 32.7 Å². The maximum absolute atomic E-state index is 12.5. The summed E-state index contributed by atoms with van der Waals surface area (Å²) in [4.78, 5) is 36.5. The largest absolute Gasteiger partial charge is 0.353 e. The second-order valence-corrected chi connectivity index (χ2v) is 7.13. The van der Waals surface area contributed by atoms with Crippen molar-refractivity contribution in [3.05, 3.63) is 30.4 Å². The van der Waals surface area contributed by atoms with Crippen LogP contribution in [0.25, 0.3) is 11.4 Å². The summed E-state index contributed by atoms with van der Waals surface area (Å²) in [6, 6.07) is 3.80. The number of amides is 2. The first-order chi connectivity index (χ1) is 13.5. The van der Waals surface area contributed by atoms with Crippen LogP contribution in [0.15, 0.2) is 29.0 Å². The Kier molecular flexibility index (Phi) is 6.70. The normalized spacial score (nSPS) is 15.0. The molecule has 1 aliphatic rings. The number of hydrogen-bond donors (Lipinski definition) is 1. The number of carbonyl (C=O) groups is 2. The number of rotatable bonds is 7. The molecule has 1 saturated heterocycles. The highest BCUT2D eigenvalue weighted by molar-refractivity contribution is 5.78. The number of hydrogen-bond acceptors (Lipinski definition) is 7. The molecule has 3 rings (SSSR count). The van der Waals surface area contributed by atoms with Gasteiger partial charge in [-0.1, -0.05) is 5.16 Å². The fourth-order valence-electron chi connectivity index (χ4n) is 3.07.